The number of nitrogens with one attached hydrogen (secondary N) is 2. The van der Waals surface area contributed by atoms with Crippen LogP contribution in [0, 0.1) is 0 Å². The van der Waals surface area contributed by atoms with Gasteiger partial charge in [-0.15, -0.1) is 0 Å². The summed E-state index contributed by atoms with van der Waals surface area (Å²) >= 11 is 3.58. The van der Waals surface area contributed by atoms with Gasteiger partial charge in [0.1, 0.15) is 5.75 Å². The topological polar surface area (TPSA) is 50.4 Å². The van der Waals surface area contributed by atoms with Crippen LogP contribution in [0.2, 0.25) is 0 Å². The number of halogens is 1. The van der Waals surface area contributed by atoms with Gasteiger partial charge >= 0.3 is 6.03 Å². The van der Waals surface area contributed by atoms with Crippen molar-refractivity contribution in [2.45, 2.75) is 52.4 Å². The van der Waals surface area contributed by atoms with Crippen molar-refractivity contribution in [3.8, 4) is 5.75 Å². The van der Waals surface area contributed by atoms with Crippen molar-refractivity contribution in [1.29, 1.82) is 0 Å². The van der Waals surface area contributed by atoms with E-state index in [1.807, 2.05) is 30.3 Å². The van der Waals surface area contributed by atoms with E-state index < -0.39 is 0 Å². The van der Waals surface area contributed by atoms with Crippen molar-refractivity contribution in [3.05, 3.63) is 58.1 Å². The van der Waals surface area contributed by atoms with Crippen molar-refractivity contribution < 1.29 is 9.53 Å². The number of hydrogen-bond donors (Lipinski definition) is 2. The summed E-state index contributed by atoms with van der Waals surface area (Å²) in [5.41, 5.74) is 3.41. The number of urea groups is 1. The van der Waals surface area contributed by atoms with Crippen LogP contribution >= 0.6 is 15.9 Å². The summed E-state index contributed by atoms with van der Waals surface area (Å²) in [5, 5.41) is 5.70. The average Bonchev–Trinajstić information content (AvgIpc) is 2.62. The van der Waals surface area contributed by atoms with Gasteiger partial charge in [0.25, 0.3) is 0 Å². The zero-order chi connectivity index (χ0) is 20.7. The van der Waals surface area contributed by atoms with Gasteiger partial charge in [0.05, 0.1) is 11.1 Å². The minimum absolute atomic E-state index is 0.105. The van der Waals surface area contributed by atoms with E-state index in [1.54, 1.807) is 0 Å². The fourth-order valence-electron chi connectivity index (χ4n) is 2.67. The standard InChI is InChI=1S/C23H31BrN2O2/c1-16(2)17-7-10-19(11-8-17)26-22(27)25-13-6-14-28-21-12-9-18(15-20(21)24)23(3,4)5/h7-12,15-16H,6,13-14H2,1-5H3,(H2,25,26,27). The van der Waals surface area contributed by atoms with Gasteiger partial charge in [-0.2, -0.15) is 0 Å². The van der Waals surface area contributed by atoms with Gasteiger partial charge in [-0.1, -0.05) is 52.8 Å². The highest BCUT2D eigenvalue weighted by atomic mass is 79.9. The minimum Gasteiger partial charge on any atom is -0.492 e. The molecule has 5 heteroatoms. The molecule has 0 radical (unpaired) electrons. The van der Waals surface area contributed by atoms with Crippen LogP contribution in [0.4, 0.5) is 10.5 Å². The Morgan fingerprint density at radius 2 is 1.79 bits per heavy atom. The molecule has 0 aliphatic carbocycles. The molecular weight excluding hydrogens is 416 g/mol. The zero-order valence-corrected chi connectivity index (χ0v) is 19.0. The molecule has 4 nitrogen and oxygen atoms in total. The van der Waals surface area contributed by atoms with E-state index >= 15 is 0 Å². The maximum Gasteiger partial charge on any atom is 0.319 e. The third-order valence-electron chi connectivity index (χ3n) is 4.50. The van der Waals surface area contributed by atoms with E-state index in [9.17, 15) is 4.79 Å². The Kier molecular flexibility index (Phi) is 7.93. The zero-order valence-electron chi connectivity index (χ0n) is 17.4. The van der Waals surface area contributed by atoms with E-state index in [0.717, 1.165) is 22.3 Å². The number of carbonyl (C=O) groups excluding carboxylic acids is 1. The lowest BCUT2D eigenvalue weighted by Gasteiger charge is -2.20. The second-order valence-electron chi connectivity index (χ2n) is 8.25. The minimum atomic E-state index is -0.201. The summed E-state index contributed by atoms with van der Waals surface area (Å²) in [4.78, 5) is 12.0. The van der Waals surface area contributed by atoms with Crippen LogP contribution in [0.15, 0.2) is 46.9 Å². The maximum absolute atomic E-state index is 12.0. The van der Waals surface area contributed by atoms with Gasteiger partial charge in [0.15, 0.2) is 0 Å². The molecular formula is C23H31BrN2O2. The molecule has 0 aromatic heterocycles. The molecule has 2 N–H and O–H groups in total. The number of anilines is 1. The van der Waals surface area contributed by atoms with Crippen molar-refractivity contribution in [3.63, 3.8) is 0 Å². The van der Waals surface area contributed by atoms with Crippen LogP contribution in [0.5, 0.6) is 5.75 Å². The van der Waals surface area contributed by atoms with Crippen molar-refractivity contribution >= 4 is 27.6 Å². The van der Waals surface area contributed by atoms with Crippen LogP contribution < -0.4 is 15.4 Å². The fraction of sp³-hybridized carbons (Fsp3) is 0.435. The number of ether oxygens (including phenoxy) is 1. The highest BCUT2D eigenvalue weighted by molar-refractivity contribution is 9.10. The van der Waals surface area contributed by atoms with Crippen molar-refractivity contribution in [2.24, 2.45) is 0 Å². The maximum atomic E-state index is 12.0. The summed E-state index contributed by atoms with van der Waals surface area (Å²) in [7, 11) is 0. The van der Waals surface area contributed by atoms with E-state index in [1.165, 1.54) is 11.1 Å². The molecule has 0 saturated carbocycles. The monoisotopic (exact) mass is 446 g/mol. The normalized spacial score (nSPS) is 11.4. The molecule has 2 aromatic rings. The first-order valence-corrected chi connectivity index (χ1v) is 10.5. The number of rotatable bonds is 7. The highest BCUT2D eigenvalue weighted by Gasteiger charge is 2.15. The summed E-state index contributed by atoms with van der Waals surface area (Å²) in [6.45, 7) is 11.9. The smallest absolute Gasteiger partial charge is 0.319 e. The molecule has 0 unspecified atom stereocenters. The first-order valence-electron chi connectivity index (χ1n) is 9.74. The molecule has 0 aliphatic heterocycles. The van der Waals surface area contributed by atoms with E-state index in [2.05, 4.69) is 73.3 Å². The molecule has 0 atom stereocenters. The Balaban J connectivity index is 1.70. The third-order valence-corrected chi connectivity index (χ3v) is 5.12. The van der Waals surface area contributed by atoms with Crippen molar-refractivity contribution in [2.75, 3.05) is 18.5 Å². The Morgan fingerprint density at radius 3 is 2.36 bits per heavy atom. The van der Waals surface area contributed by atoms with E-state index in [4.69, 9.17) is 4.74 Å². The quantitative estimate of drug-likeness (QED) is 0.479. The lowest BCUT2D eigenvalue weighted by molar-refractivity contribution is 0.250. The molecule has 0 saturated heterocycles. The third kappa shape index (κ3) is 6.86. The number of benzene rings is 2. The molecule has 2 amide bonds. The van der Waals surface area contributed by atoms with Gasteiger partial charge in [0, 0.05) is 12.2 Å². The molecule has 0 fully saturated rings. The van der Waals surface area contributed by atoms with Crippen molar-refractivity contribution in [1.82, 2.24) is 5.32 Å². The molecule has 2 rings (SSSR count). The van der Waals surface area contributed by atoms with Crippen LogP contribution in [0.3, 0.4) is 0 Å². The van der Waals surface area contributed by atoms with Gasteiger partial charge in [-0.25, -0.2) is 4.79 Å². The Hall–Kier alpha value is -2.01. The molecule has 28 heavy (non-hydrogen) atoms. The van der Waals surface area contributed by atoms with Gasteiger partial charge in [-0.05, 0) is 69.1 Å². The predicted octanol–water partition coefficient (Wildman–Crippen LogP) is 6.46. The first-order chi connectivity index (χ1) is 13.2. The Labute approximate surface area is 177 Å². The second kappa shape index (κ2) is 9.97. The summed E-state index contributed by atoms with van der Waals surface area (Å²) in [6.07, 6.45) is 0.729. The molecule has 0 aliphatic rings. The number of carbonyl (C=O) groups is 1. The average molecular weight is 447 g/mol. The number of amides is 2. The van der Waals surface area contributed by atoms with Crippen LogP contribution in [-0.4, -0.2) is 19.2 Å². The van der Waals surface area contributed by atoms with Crippen LogP contribution in [0.25, 0.3) is 0 Å². The van der Waals surface area contributed by atoms with Gasteiger partial charge < -0.3 is 15.4 Å². The van der Waals surface area contributed by atoms with Gasteiger partial charge in [-0.3, -0.25) is 0 Å². The summed E-state index contributed by atoms with van der Waals surface area (Å²) < 4.78 is 6.78. The lowest BCUT2D eigenvalue weighted by Crippen LogP contribution is -2.30. The van der Waals surface area contributed by atoms with Gasteiger partial charge in [0.2, 0.25) is 0 Å². The van der Waals surface area contributed by atoms with E-state index in [-0.39, 0.29) is 11.4 Å². The summed E-state index contributed by atoms with van der Waals surface area (Å²) in [6, 6.07) is 13.9. The second-order valence-corrected chi connectivity index (χ2v) is 9.11. The van der Waals surface area contributed by atoms with Crippen LogP contribution in [0.1, 0.15) is 58.1 Å². The molecule has 0 heterocycles. The number of hydrogen-bond acceptors (Lipinski definition) is 2. The molecule has 0 bridgehead atoms. The van der Waals surface area contributed by atoms with Crippen LogP contribution in [-0.2, 0) is 5.41 Å². The fourth-order valence-corrected chi connectivity index (χ4v) is 3.16. The molecule has 2 aromatic carbocycles. The Morgan fingerprint density at radius 1 is 1.11 bits per heavy atom. The molecule has 0 spiro atoms. The summed E-state index contributed by atoms with van der Waals surface area (Å²) in [5.74, 6) is 1.30. The predicted molar refractivity (Wildman–Crippen MR) is 121 cm³/mol. The first kappa shape index (κ1) is 22.3. The lowest BCUT2D eigenvalue weighted by atomic mass is 9.87. The largest absolute Gasteiger partial charge is 0.492 e. The Bertz CT molecular complexity index is 780. The van der Waals surface area contributed by atoms with E-state index in [0.29, 0.717) is 19.1 Å². The molecule has 152 valence electrons. The SMILES string of the molecule is CC(C)c1ccc(NC(=O)NCCCOc2ccc(C(C)(C)C)cc2Br)cc1. The highest BCUT2D eigenvalue weighted by Crippen LogP contribution is 2.31.